The molecule has 0 unspecified atom stereocenters. The predicted molar refractivity (Wildman–Crippen MR) is 67.6 cm³/mol. The first-order valence-electron chi connectivity index (χ1n) is 5.51. The minimum absolute atomic E-state index is 0.213. The number of hydrogen-bond donors (Lipinski definition) is 3. The fourth-order valence-corrected chi connectivity index (χ4v) is 1.78. The molecule has 0 amide bonds. The molecular weight excluding hydrogens is 266 g/mol. The van der Waals surface area contributed by atoms with Crippen molar-refractivity contribution in [1.29, 1.82) is 0 Å². The van der Waals surface area contributed by atoms with E-state index >= 15 is 0 Å². The summed E-state index contributed by atoms with van der Waals surface area (Å²) in [4.78, 5) is 38.0. The first-order valence-corrected chi connectivity index (χ1v) is 5.51. The molecule has 0 radical (unpaired) electrons. The monoisotopic (exact) mass is 273 g/mol. The van der Waals surface area contributed by atoms with Crippen LogP contribution in [0, 0.1) is 0 Å². The third-order valence-corrected chi connectivity index (χ3v) is 2.74. The van der Waals surface area contributed by atoms with Crippen LogP contribution in [0.3, 0.4) is 0 Å². The van der Waals surface area contributed by atoms with Crippen molar-refractivity contribution in [1.82, 2.24) is 15.1 Å². The van der Waals surface area contributed by atoms with Crippen LogP contribution in [0.4, 0.5) is 0 Å². The first-order chi connectivity index (χ1) is 9.54. The van der Waals surface area contributed by atoms with Gasteiger partial charge in [-0.2, -0.15) is 0 Å². The number of carbonyl (C=O) groups is 1. The Labute approximate surface area is 109 Å². The molecule has 0 saturated heterocycles. The first kappa shape index (κ1) is 11.9. The van der Waals surface area contributed by atoms with Crippen molar-refractivity contribution in [2.45, 2.75) is 0 Å². The number of nitrogens with one attached hydrogen (secondary N) is 2. The largest absolute Gasteiger partial charge is 0.476 e. The van der Waals surface area contributed by atoms with Gasteiger partial charge in [-0.25, -0.2) is 4.79 Å². The Morgan fingerprint density at radius 3 is 2.45 bits per heavy atom. The fraction of sp³-hybridized carbons (Fsp3) is 0. The van der Waals surface area contributed by atoms with Crippen molar-refractivity contribution < 1.29 is 14.4 Å². The highest BCUT2D eigenvalue weighted by molar-refractivity contribution is 5.87. The zero-order valence-electron chi connectivity index (χ0n) is 9.84. The zero-order chi connectivity index (χ0) is 14.3. The third-order valence-electron chi connectivity index (χ3n) is 2.74. The molecule has 8 heteroatoms. The van der Waals surface area contributed by atoms with E-state index in [-0.39, 0.29) is 11.5 Å². The van der Waals surface area contributed by atoms with E-state index in [1.807, 2.05) is 0 Å². The van der Waals surface area contributed by atoms with Crippen LogP contribution < -0.4 is 11.1 Å². The Kier molecular flexibility index (Phi) is 2.50. The van der Waals surface area contributed by atoms with Crippen molar-refractivity contribution >= 4 is 17.0 Å². The second-order valence-electron chi connectivity index (χ2n) is 4.05. The van der Waals surface area contributed by atoms with Crippen LogP contribution >= 0.6 is 0 Å². The summed E-state index contributed by atoms with van der Waals surface area (Å²) < 4.78 is 4.92. The summed E-state index contributed by atoms with van der Waals surface area (Å²) in [7, 11) is 0. The summed E-state index contributed by atoms with van der Waals surface area (Å²) in [5.74, 6) is -0.949. The number of benzene rings is 1. The van der Waals surface area contributed by atoms with Gasteiger partial charge in [-0.3, -0.25) is 9.59 Å². The number of rotatable bonds is 2. The number of carboxylic acids is 1. The van der Waals surface area contributed by atoms with Gasteiger partial charge in [0.15, 0.2) is 11.5 Å². The number of nitrogens with zero attached hydrogens (tertiary/aromatic N) is 1. The van der Waals surface area contributed by atoms with Crippen LogP contribution in [0.15, 0.2) is 38.4 Å². The summed E-state index contributed by atoms with van der Waals surface area (Å²) in [5.41, 5.74) is -0.330. The number of hydrogen-bond acceptors (Lipinski definition) is 5. The third kappa shape index (κ3) is 1.88. The molecule has 2 aromatic heterocycles. The molecule has 0 bridgehead atoms. The highest BCUT2D eigenvalue weighted by atomic mass is 16.5. The van der Waals surface area contributed by atoms with Crippen LogP contribution in [0.2, 0.25) is 0 Å². The quantitative estimate of drug-likeness (QED) is 0.585. The Balaban J connectivity index is 2.16. The van der Waals surface area contributed by atoms with Crippen LogP contribution in [0.5, 0.6) is 0 Å². The summed E-state index contributed by atoms with van der Waals surface area (Å²) in [6.45, 7) is 0. The molecule has 1 aromatic carbocycles. The molecule has 2 heterocycles. The van der Waals surface area contributed by atoms with E-state index in [0.717, 1.165) is 0 Å². The van der Waals surface area contributed by atoms with Gasteiger partial charge >= 0.3 is 17.1 Å². The highest BCUT2D eigenvalue weighted by Gasteiger charge is 2.12. The minimum Gasteiger partial charge on any atom is -0.476 e. The second kappa shape index (κ2) is 4.19. The predicted octanol–water partition coefficient (Wildman–Crippen LogP) is 0.570. The Hall–Kier alpha value is -3.16. The molecule has 0 saturated carbocycles. The molecule has 0 spiro atoms. The minimum atomic E-state index is -1.20. The summed E-state index contributed by atoms with van der Waals surface area (Å²) in [6, 6.07) is 6.01. The fourth-order valence-electron chi connectivity index (χ4n) is 1.78. The number of carboxylic acid groups (broad SMARTS) is 1. The SMILES string of the molecule is O=C(O)c1cc(-c2ccc3[nH]c(=O)c(=O)[nH]c3c2)on1. The van der Waals surface area contributed by atoms with Gasteiger partial charge in [-0.05, 0) is 18.2 Å². The molecular formula is C12H7N3O5. The van der Waals surface area contributed by atoms with Crippen molar-refractivity contribution in [3.63, 3.8) is 0 Å². The molecule has 3 aromatic rings. The van der Waals surface area contributed by atoms with Crippen LogP contribution in [0.25, 0.3) is 22.4 Å². The Morgan fingerprint density at radius 2 is 1.80 bits per heavy atom. The maximum atomic E-state index is 11.3. The van der Waals surface area contributed by atoms with Crippen LogP contribution in [-0.2, 0) is 0 Å². The molecule has 0 aliphatic rings. The number of aromatic carboxylic acids is 1. The van der Waals surface area contributed by atoms with Gasteiger partial charge in [0.1, 0.15) is 0 Å². The smallest absolute Gasteiger partial charge is 0.358 e. The van der Waals surface area contributed by atoms with Crippen molar-refractivity contribution in [3.05, 3.63) is 50.7 Å². The molecule has 3 rings (SSSR count). The lowest BCUT2D eigenvalue weighted by Crippen LogP contribution is -2.28. The summed E-state index contributed by atoms with van der Waals surface area (Å²) in [5, 5.41) is 12.2. The summed E-state index contributed by atoms with van der Waals surface area (Å²) in [6.07, 6.45) is 0. The van der Waals surface area contributed by atoms with E-state index in [1.54, 1.807) is 18.2 Å². The number of aromatic nitrogens is 3. The molecule has 20 heavy (non-hydrogen) atoms. The lowest BCUT2D eigenvalue weighted by Gasteiger charge is -1.99. The molecule has 3 N–H and O–H groups in total. The van der Waals surface area contributed by atoms with E-state index in [0.29, 0.717) is 16.6 Å². The van der Waals surface area contributed by atoms with Crippen LogP contribution in [0.1, 0.15) is 10.5 Å². The van der Waals surface area contributed by atoms with Crippen molar-refractivity contribution in [2.24, 2.45) is 0 Å². The normalized spacial score (nSPS) is 10.8. The van der Waals surface area contributed by atoms with Crippen molar-refractivity contribution in [2.75, 3.05) is 0 Å². The lowest BCUT2D eigenvalue weighted by atomic mass is 10.1. The Morgan fingerprint density at radius 1 is 1.10 bits per heavy atom. The maximum absolute atomic E-state index is 11.3. The topological polar surface area (TPSA) is 129 Å². The Bertz CT molecular complexity index is 934. The van der Waals surface area contributed by atoms with Gasteiger partial charge < -0.3 is 19.6 Å². The maximum Gasteiger partial charge on any atom is 0.358 e. The average Bonchev–Trinajstić information content (AvgIpc) is 2.89. The average molecular weight is 273 g/mol. The standard InChI is InChI=1S/C12H7N3O5/c16-10-11(17)14-7-3-5(1-2-6(7)13-10)9-4-8(12(18)19)15-20-9/h1-4H,(H,13,16)(H,14,17)(H,18,19). The molecule has 8 nitrogen and oxygen atoms in total. The van der Waals surface area contributed by atoms with Gasteiger partial charge in [0, 0.05) is 11.6 Å². The van der Waals surface area contributed by atoms with Gasteiger partial charge in [-0.1, -0.05) is 5.16 Å². The number of fused-ring (bicyclic) bond motifs is 1. The summed E-state index contributed by atoms with van der Waals surface area (Å²) >= 11 is 0. The van der Waals surface area contributed by atoms with E-state index in [2.05, 4.69) is 15.1 Å². The lowest BCUT2D eigenvalue weighted by molar-refractivity contribution is 0.0686. The van der Waals surface area contributed by atoms with Gasteiger partial charge in [-0.15, -0.1) is 0 Å². The number of H-pyrrole nitrogens is 2. The van der Waals surface area contributed by atoms with Crippen molar-refractivity contribution in [3.8, 4) is 11.3 Å². The van der Waals surface area contributed by atoms with E-state index in [1.165, 1.54) is 6.07 Å². The molecule has 100 valence electrons. The van der Waals surface area contributed by atoms with E-state index in [4.69, 9.17) is 9.63 Å². The molecule has 0 aliphatic carbocycles. The molecule has 0 atom stereocenters. The molecule has 0 fully saturated rings. The van der Waals surface area contributed by atoms with Gasteiger partial charge in [0.2, 0.25) is 0 Å². The second-order valence-corrected chi connectivity index (χ2v) is 4.05. The van der Waals surface area contributed by atoms with Gasteiger partial charge in [0.25, 0.3) is 0 Å². The van der Waals surface area contributed by atoms with Crippen LogP contribution in [-0.4, -0.2) is 26.2 Å². The zero-order valence-corrected chi connectivity index (χ0v) is 9.84. The highest BCUT2D eigenvalue weighted by Crippen LogP contribution is 2.22. The van der Waals surface area contributed by atoms with Gasteiger partial charge in [0.05, 0.1) is 11.0 Å². The number of aromatic amines is 2. The van der Waals surface area contributed by atoms with E-state index < -0.39 is 17.1 Å². The van der Waals surface area contributed by atoms with E-state index in [9.17, 15) is 14.4 Å². The molecule has 0 aliphatic heterocycles.